The van der Waals surface area contributed by atoms with Gasteiger partial charge < -0.3 is 4.74 Å². The largest absolute Gasteiger partial charge is 0.462 e. The van der Waals surface area contributed by atoms with E-state index in [2.05, 4.69) is 0 Å². The fourth-order valence-electron chi connectivity index (χ4n) is 1.69. The molecule has 0 aliphatic heterocycles. The standard InChI is InChI=1S/C17H16O2/c18-17(12-11-15-7-3-1-4-8-15)19-14-13-16-9-5-2-6-10-16/h1-12H,13-14H2/b12-11-. The SMILES string of the molecule is O=C(/C=C\c1ccccc1)OCCc1ccccc1. The molecule has 0 aliphatic rings. The topological polar surface area (TPSA) is 26.3 Å². The molecule has 2 nitrogen and oxygen atoms in total. The molecule has 2 rings (SSSR count). The average molecular weight is 252 g/mol. The number of ether oxygens (including phenoxy) is 1. The van der Waals surface area contributed by atoms with Gasteiger partial charge >= 0.3 is 5.97 Å². The zero-order chi connectivity index (χ0) is 13.3. The third-order valence-electron chi connectivity index (χ3n) is 2.69. The Morgan fingerprint density at radius 1 is 0.947 bits per heavy atom. The van der Waals surface area contributed by atoms with Crippen molar-refractivity contribution in [2.75, 3.05) is 6.61 Å². The molecule has 0 saturated heterocycles. The molecule has 0 fully saturated rings. The van der Waals surface area contributed by atoms with Crippen LogP contribution in [0.5, 0.6) is 0 Å². The van der Waals surface area contributed by atoms with Gasteiger partial charge in [0, 0.05) is 12.5 Å². The predicted octanol–water partition coefficient (Wildman–Crippen LogP) is 3.49. The summed E-state index contributed by atoms with van der Waals surface area (Å²) in [7, 11) is 0. The second-order valence-electron chi connectivity index (χ2n) is 4.15. The summed E-state index contributed by atoms with van der Waals surface area (Å²) >= 11 is 0. The number of carbonyl (C=O) groups excluding carboxylic acids is 1. The normalized spacial score (nSPS) is 10.5. The minimum absolute atomic E-state index is 0.306. The lowest BCUT2D eigenvalue weighted by atomic mass is 10.2. The molecule has 0 spiro atoms. The van der Waals surface area contributed by atoms with E-state index in [4.69, 9.17) is 4.74 Å². The van der Waals surface area contributed by atoms with Gasteiger partial charge in [-0.05, 0) is 17.2 Å². The first-order valence-corrected chi connectivity index (χ1v) is 6.28. The molecule has 0 radical (unpaired) electrons. The summed E-state index contributed by atoms with van der Waals surface area (Å²) in [5, 5.41) is 0. The second-order valence-corrected chi connectivity index (χ2v) is 4.15. The Kier molecular flexibility index (Phi) is 4.94. The molecule has 0 heterocycles. The molecule has 0 unspecified atom stereocenters. The van der Waals surface area contributed by atoms with E-state index in [1.807, 2.05) is 60.7 Å². The molecule has 19 heavy (non-hydrogen) atoms. The highest BCUT2D eigenvalue weighted by Crippen LogP contribution is 2.02. The molecule has 0 aromatic heterocycles. The zero-order valence-corrected chi connectivity index (χ0v) is 10.7. The molecule has 0 atom stereocenters. The fraction of sp³-hybridized carbons (Fsp3) is 0.118. The third kappa shape index (κ3) is 4.80. The summed E-state index contributed by atoms with van der Waals surface area (Å²) in [5.74, 6) is -0.306. The van der Waals surface area contributed by atoms with Crippen LogP contribution in [0.1, 0.15) is 11.1 Å². The molecule has 2 heteroatoms. The van der Waals surface area contributed by atoms with E-state index in [0.29, 0.717) is 6.61 Å². The van der Waals surface area contributed by atoms with Crippen LogP contribution in [-0.2, 0) is 16.0 Å². The summed E-state index contributed by atoms with van der Waals surface area (Å²) < 4.78 is 5.14. The summed E-state index contributed by atoms with van der Waals surface area (Å²) in [4.78, 5) is 11.5. The Morgan fingerprint density at radius 2 is 1.58 bits per heavy atom. The molecule has 0 N–H and O–H groups in total. The first-order chi connectivity index (χ1) is 9.34. The molecule has 0 aliphatic carbocycles. The molecule has 0 saturated carbocycles. The number of hydrogen-bond donors (Lipinski definition) is 0. The highest BCUT2D eigenvalue weighted by molar-refractivity contribution is 5.87. The van der Waals surface area contributed by atoms with E-state index in [1.165, 1.54) is 11.6 Å². The Morgan fingerprint density at radius 3 is 2.26 bits per heavy atom. The molecular weight excluding hydrogens is 236 g/mol. The summed E-state index contributed by atoms with van der Waals surface area (Å²) in [6, 6.07) is 19.6. The van der Waals surface area contributed by atoms with E-state index < -0.39 is 0 Å². The van der Waals surface area contributed by atoms with Crippen LogP contribution in [0.2, 0.25) is 0 Å². The van der Waals surface area contributed by atoms with Crippen LogP contribution in [0.25, 0.3) is 6.08 Å². The number of benzene rings is 2. The van der Waals surface area contributed by atoms with Crippen molar-refractivity contribution < 1.29 is 9.53 Å². The van der Waals surface area contributed by atoms with Crippen LogP contribution in [-0.4, -0.2) is 12.6 Å². The van der Waals surface area contributed by atoms with Crippen LogP contribution in [0, 0.1) is 0 Å². The molecule has 0 amide bonds. The minimum atomic E-state index is -0.306. The summed E-state index contributed by atoms with van der Waals surface area (Å²) in [6.07, 6.45) is 3.96. The Balaban J connectivity index is 1.75. The van der Waals surface area contributed by atoms with Gasteiger partial charge in [-0.15, -0.1) is 0 Å². The van der Waals surface area contributed by atoms with E-state index in [1.54, 1.807) is 6.08 Å². The lowest BCUT2D eigenvalue weighted by molar-refractivity contribution is -0.137. The van der Waals surface area contributed by atoms with E-state index >= 15 is 0 Å². The van der Waals surface area contributed by atoms with Crippen LogP contribution in [0.3, 0.4) is 0 Å². The van der Waals surface area contributed by atoms with Crippen molar-refractivity contribution in [2.45, 2.75) is 6.42 Å². The van der Waals surface area contributed by atoms with Gasteiger partial charge in [-0.3, -0.25) is 0 Å². The Hall–Kier alpha value is -2.35. The third-order valence-corrected chi connectivity index (χ3v) is 2.69. The van der Waals surface area contributed by atoms with Crippen molar-refractivity contribution in [3.8, 4) is 0 Å². The van der Waals surface area contributed by atoms with E-state index in [9.17, 15) is 4.79 Å². The maximum absolute atomic E-state index is 11.5. The predicted molar refractivity (Wildman–Crippen MR) is 76.6 cm³/mol. The first kappa shape index (κ1) is 13.1. The molecule has 96 valence electrons. The van der Waals surface area contributed by atoms with Gasteiger partial charge in [-0.25, -0.2) is 4.79 Å². The maximum atomic E-state index is 11.5. The molecule has 2 aromatic carbocycles. The second kappa shape index (κ2) is 7.17. The van der Waals surface area contributed by atoms with E-state index in [-0.39, 0.29) is 5.97 Å². The lowest BCUT2D eigenvalue weighted by Crippen LogP contribution is -2.04. The van der Waals surface area contributed by atoms with Crippen molar-refractivity contribution in [3.05, 3.63) is 77.9 Å². The summed E-state index contributed by atoms with van der Waals surface area (Å²) in [5.41, 5.74) is 2.16. The molecule has 0 bridgehead atoms. The fourth-order valence-corrected chi connectivity index (χ4v) is 1.69. The van der Waals surface area contributed by atoms with Crippen molar-refractivity contribution in [3.63, 3.8) is 0 Å². The van der Waals surface area contributed by atoms with Gasteiger partial charge in [-0.1, -0.05) is 60.7 Å². The van der Waals surface area contributed by atoms with Gasteiger partial charge in [-0.2, -0.15) is 0 Å². The van der Waals surface area contributed by atoms with Crippen LogP contribution < -0.4 is 0 Å². The van der Waals surface area contributed by atoms with Gasteiger partial charge in [0.05, 0.1) is 6.61 Å². The van der Waals surface area contributed by atoms with Crippen LogP contribution in [0.15, 0.2) is 66.7 Å². The number of rotatable bonds is 5. The smallest absolute Gasteiger partial charge is 0.330 e. The Labute approximate surface area is 113 Å². The van der Waals surface area contributed by atoms with Gasteiger partial charge in [0.2, 0.25) is 0 Å². The van der Waals surface area contributed by atoms with Gasteiger partial charge in [0.15, 0.2) is 0 Å². The minimum Gasteiger partial charge on any atom is -0.462 e. The quantitative estimate of drug-likeness (QED) is 0.601. The lowest BCUT2D eigenvalue weighted by Gasteiger charge is -2.02. The van der Waals surface area contributed by atoms with Crippen LogP contribution >= 0.6 is 0 Å². The van der Waals surface area contributed by atoms with Crippen molar-refractivity contribution >= 4 is 12.0 Å². The molecular formula is C17H16O2. The van der Waals surface area contributed by atoms with Crippen molar-refractivity contribution in [2.24, 2.45) is 0 Å². The summed E-state index contributed by atoms with van der Waals surface area (Å²) in [6.45, 7) is 0.405. The highest BCUT2D eigenvalue weighted by Gasteiger charge is 1.97. The maximum Gasteiger partial charge on any atom is 0.330 e. The molecule has 2 aromatic rings. The van der Waals surface area contributed by atoms with E-state index in [0.717, 1.165) is 12.0 Å². The van der Waals surface area contributed by atoms with Crippen LogP contribution in [0.4, 0.5) is 0 Å². The number of carbonyl (C=O) groups is 1. The Bertz CT molecular complexity index is 530. The zero-order valence-electron chi connectivity index (χ0n) is 10.7. The first-order valence-electron chi connectivity index (χ1n) is 6.28. The van der Waals surface area contributed by atoms with Crippen molar-refractivity contribution in [1.82, 2.24) is 0 Å². The van der Waals surface area contributed by atoms with Gasteiger partial charge in [0.1, 0.15) is 0 Å². The highest BCUT2D eigenvalue weighted by atomic mass is 16.5. The number of hydrogen-bond acceptors (Lipinski definition) is 2. The number of esters is 1. The van der Waals surface area contributed by atoms with Crippen molar-refractivity contribution in [1.29, 1.82) is 0 Å². The monoisotopic (exact) mass is 252 g/mol. The van der Waals surface area contributed by atoms with Gasteiger partial charge in [0.25, 0.3) is 0 Å². The average Bonchev–Trinajstić information content (AvgIpc) is 2.47.